The van der Waals surface area contributed by atoms with Crippen LogP contribution in [0.3, 0.4) is 0 Å². The lowest BCUT2D eigenvalue weighted by Crippen LogP contribution is -2.46. The number of non-ortho nitro benzene ring substituents is 1. The molecular formula is C22H24N2O7. The van der Waals surface area contributed by atoms with Crippen molar-refractivity contribution in [2.75, 3.05) is 6.61 Å². The molecule has 2 rings (SSSR count). The van der Waals surface area contributed by atoms with Gasteiger partial charge in [0.05, 0.1) is 4.92 Å². The summed E-state index contributed by atoms with van der Waals surface area (Å²) in [4.78, 5) is 47.1. The lowest BCUT2D eigenvalue weighted by Gasteiger charge is -2.22. The van der Waals surface area contributed by atoms with Crippen LogP contribution in [0.2, 0.25) is 0 Å². The number of hydrogen-bond donors (Lipinski definition) is 1. The summed E-state index contributed by atoms with van der Waals surface area (Å²) in [5.74, 6) is -1.65. The van der Waals surface area contributed by atoms with Crippen molar-refractivity contribution in [3.63, 3.8) is 0 Å². The second-order valence-electron chi connectivity index (χ2n) is 6.91. The molecule has 0 spiro atoms. The number of rotatable bonds is 10. The summed E-state index contributed by atoms with van der Waals surface area (Å²) >= 11 is 0. The molecule has 9 nitrogen and oxygen atoms in total. The Hall–Kier alpha value is -3.75. The van der Waals surface area contributed by atoms with Gasteiger partial charge in [-0.05, 0) is 11.5 Å². The van der Waals surface area contributed by atoms with Gasteiger partial charge in [-0.25, -0.2) is 9.59 Å². The summed E-state index contributed by atoms with van der Waals surface area (Å²) in [6.45, 7) is 3.04. The molecule has 0 saturated heterocycles. The lowest BCUT2D eigenvalue weighted by atomic mass is 9.99. The van der Waals surface area contributed by atoms with E-state index in [-0.39, 0.29) is 23.8 Å². The second kappa shape index (κ2) is 11.4. The molecule has 2 aromatic carbocycles. The van der Waals surface area contributed by atoms with E-state index >= 15 is 0 Å². The molecule has 0 heterocycles. The van der Waals surface area contributed by atoms with E-state index in [0.717, 1.165) is 11.6 Å². The zero-order valence-electron chi connectivity index (χ0n) is 17.3. The molecule has 0 unspecified atom stereocenters. The first-order valence-electron chi connectivity index (χ1n) is 9.73. The molecule has 2 aromatic rings. The third kappa shape index (κ3) is 7.22. The monoisotopic (exact) mass is 428 g/mol. The molecule has 2 atom stereocenters. The van der Waals surface area contributed by atoms with Crippen LogP contribution < -0.4 is 5.32 Å². The van der Waals surface area contributed by atoms with Crippen molar-refractivity contribution in [2.45, 2.75) is 32.9 Å². The third-order valence-corrected chi connectivity index (χ3v) is 4.68. The van der Waals surface area contributed by atoms with Crippen molar-refractivity contribution in [3.8, 4) is 0 Å². The quantitative estimate of drug-likeness (QED) is 0.265. The first kappa shape index (κ1) is 23.5. The molecule has 0 radical (unpaired) electrons. The largest absolute Gasteiger partial charge is 0.456 e. The highest BCUT2D eigenvalue weighted by atomic mass is 16.6. The first-order valence-corrected chi connectivity index (χ1v) is 9.73. The van der Waals surface area contributed by atoms with Crippen LogP contribution in [-0.2, 0) is 20.9 Å². The van der Waals surface area contributed by atoms with Crippen molar-refractivity contribution < 1.29 is 28.8 Å². The topological polar surface area (TPSA) is 125 Å². The van der Waals surface area contributed by atoms with Crippen molar-refractivity contribution in [2.24, 2.45) is 5.92 Å². The molecule has 31 heavy (non-hydrogen) atoms. The van der Waals surface area contributed by atoms with Gasteiger partial charge in [0.1, 0.15) is 12.6 Å². The summed E-state index contributed by atoms with van der Waals surface area (Å²) < 4.78 is 10.2. The molecular weight excluding hydrogens is 404 g/mol. The predicted molar refractivity (Wildman–Crippen MR) is 111 cm³/mol. The number of benzene rings is 2. The SMILES string of the molecule is CC[C@H](C)[C@H](NC(=O)OCc1ccccc1)C(=O)OCC(=O)c1cccc([N+](=O)[O-])c1. The zero-order chi connectivity index (χ0) is 22.8. The molecule has 0 aliphatic heterocycles. The molecule has 164 valence electrons. The van der Waals surface area contributed by atoms with Crippen LogP contribution in [0.25, 0.3) is 0 Å². The highest BCUT2D eigenvalue weighted by molar-refractivity contribution is 5.98. The fraction of sp³-hybridized carbons (Fsp3) is 0.318. The molecule has 0 bridgehead atoms. The minimum atomic E-state index is -1.01. The van der Waals surface area contributed by atoms with Crippen LogP contribution >= 0.6 is 0 Å². The molecule has 0 aliphatic rings. The molecule has 0 aromatic heterocycles. The number of carbonyl (C=O) groups is 3. The first-order chi connectivity index (χ1) is 14.8. The maximum atomic E-state index is 12.5. The van der Waals surface area contributed by atoms with Crippen LogP contribution in [0.4, 0.5) is 10.5 Å². The number of nitro benzene ring substituents is 1. The van der Waals surface area contributed by atoms with Gasteiger partial charge in [-0.3, -0.25) is 14.9 Å². The average molecular weight is 428 g/mol. The van der Waals surface area contributed by atoms with Gasteiger partial charge in [0, 0.05) is 17.7 Å². The normalized spacial score (nSPS) is 12.3. The summed E-state index contributed by atoms with van der Waals surface area (Å²) in [5.41, 5.74) is 0.609. The molecule has 0 fully saturated rings. The summed E-state index contributed by atoms with van der Waals surface area (Å²) in [7, 11) is 0. The Morgan fingerprint density at radius 3 is 2.42 bits per heavy atom. The Kier molecular flexibility index (Phi) is 8.68. The van der Waals surface area contributed by atoms with Gasteiger partial charge in [0.25, 0.3) is 5.69 Å². The van der Waals surface area contributed by atoms with E-state index in [1.54, 1.807) is 19.1 Å². The Balaban J connectivity index is 1.94. The van der Waals surface area contributed by atoms with E-state index in [9.17, 15) is 24.5 Å². The number of nitrogens with zero attached hydrogens (tertiary/aromatic N) is 1. The Bertz CT molecular complexity index is 930. The van der Waals surface area contributed by atoms with Crippen LogP contribution in [0, 0.1) is 16.0 Å². The smallest absolute Gasteiger partial charge is 0.408 e. The Morgan fingerprint density at radius 2 is 1.77 bits per heavy atom. The summed E-state index contributed by atoms with van der Waals surface area (Å²) in [6, 6.07) is 13.2. The molecule has 0 aliphatic carbocycles. The van der Waals surface area contributed by atoms with E-state index in [0.29, 0.717) is 6.42 Å². The number of Topliss-reactive ketones (excluding diaryl/α,β-unsaturated/α-hetero) is 1. The third-order valence-electron chi connectivity index (χ3n) is 4.68. The standard InChI is InChI=1S/C22H24N2O7/c1-3-15(2)20(23-22(27)31-13-16-8-5-4-6-9-16)21(26)30-14-19(25)17-10-7-11-18(12-17)24(28)29/h4-12,15,20H,3,13-14H2,1-2H3,(H,23,27)/t15-,20-/m0/s1. The van der Waals surface area contributed by atoms with Crippen LogP contribution in [0.5, 0.6) is 0 Å². The number of nitrogens with one attached hydrogen (secondary N) is 1. The number of carbonyl (C=O) groups excluding carboxylic acids is 3. The van der Waals surface area contributed by atoms with Gasteiger partial charge in [0.15, 0.2) is 6.61 Å². The number of nitro groups is 1. The molecule has 1 N–H and O–H groups in total. The van der Waals surface area contributed by atoms with Gasteiger partial charge < -0.3 is 14.8 Å². The predicted octanol–water partition coefficient (Wildman–Crippen LogP) is 3.66. The summed E-state index contributed by atoms with van der Waals surface area (Å²) in [5, 5.41) is 13.3. The van der Waals surface area contributed by atoms with E-state index in [1.807, 2.05) is 25.1 Å². The molecule has 9 heteroatoms. The van der Waals surface area contributed by atoms with Gasteiger partial charge in [-0.1, -0.05) is 62.7 Å². The number of hydrogen-bond acceptors (Lipinski definition) is 7. The van der Waals surface area contributed by atoms with E-state index < -0.39 is 35.4 Å². The van der Waals surface area contributed by atoms with E-state index in [1.165, 1.54) is 18.2 Å². The van der Waals surface area contributed by atoms with Crippen LogP contribution in [0.1, 0.15) is 36.2 Å². The highest BCUT2D eigenvalue weighted by Crippen LogP contribution is 2.15. The number of ether oxygens (including phenoxy) is 2. The van der Waals surface area contributed by atoms with Gasteiger partial charge in [-0.15, -0.1) is 0 Å². The molecule has 0 saturated carbocycles. The van der Waals surface area contributed by atoms with Crippen LogP contribution in [0.15, 0.2) is 54.6 Å². The summed E-state index contributed by atoms with van der Waals surface area (Å²) in [6.07, 6.45) is -0.214. The fourth-order valence-corrected chi connectivity index (χ4v) is 2.66. The maximum absolute atomic E-state index is 12.5. The average Bonchev–Trinajstić information content (AvgIpc) is 2.79. The lowest BCUT2D eigenvalue weighted by molar-refractivity contribution is -0.384. The van der Waals surface area contributed by atoms with Crippen molar-refractivity contribution in [3.05, 3.63) is 75.8 Å². The van der Waals surface area contributed by atoms with E-state index in [4.69, 9.17) is 9.47 Å². The Morgan fingerprint density at radius 1 is 1.06 bits per heavy atom. The van der Waals surface area contributed by atoms with Crippen molar-refractivity contribution >= 4 is 23.5 Å². The fourth-order valence-electron chi connectivity index (χ4n) is 2.66. The van der Waals surface area contributed by atoms with Gasteiger partial charge in [-0.2, -0.15) is 0 Å². The number of amides is 1. The minimum absolute atomic E-state index is 0.0419. The minimum Gasteiger partial charge on any atom is -0.456 e. The number of esters is 1. The van der Waals surface area contributed by atoms with Gasteiger partial charge >= 0.3 is 12.1 Å². The van der Waals surface area contributed by atoms with Crippen LogP contribution in [-0.4, -0.2) is 35.4 Å². The number of alkyl carbamates (subject to hydrolysis) is 1. The number of ketones is 1. The maximum Gasteiger partial charge on any atom is 0.408 e. The second-order valence-corrected chi connectivity index (χ2v) is 6.91. The van der Waals surface area contributed by atoms with E-state index in [2.05, 4.69) is 5.32 Å². The molecule has 1 amide bonds. The Labute approximate surface area is 179 Å². The van der Waals surface area contributed by atoms with Gasteiger partial charge in [0.2, 0.25) is 5.78 Å². The highest BCUT2D eigenvalue weighted by Gasteiger charge is 2.28. The zero-order valence-corrected chi connectivity index (χ0v) is 17.3. The van der Waals surface area contributed by atoms with Crippen molar-refractivity contribution in [1.82, 2.24) is 5.32 Å². The van der Waals surface area contributed by atoms with Crippen molar-refractivity contribution in [1.29, 1.82) is 0 Å².